The SMILES string of the molecule is CCNC1CCCc2nc(-c3ncc(C)cc3C)ncc21. The van der Waals surface area contributed by atoms with E-state index in [9.17, 15) is 0 Å². The molecule has 3 rings (SSSR count). The number of rotatable bonds is 3. The first-order valence-corrected chi connectivity index (χ1v) is 7.72. The fraction of sp³-hybridized carbons (Fsp3) is 0.471. The molecule has 4 nitrogen and oxygen atoms in total. The topological polar surface area (TPSA) is 50.7 Å². The Bertz CT molecular complexity index is 651. The summed E-state index contributed by atoms with van der Waals surface area (Å²) >= 11 is 0. The van der Waals surface area contributed by atoms with Crippen LogP contribution in [0.2, 0.25) is 0 Å². The van der Waals surface area contributed by atoms with Gasteiger partial charge in [-0.25, -0.2) is 9.97 Å². The van der Waals surface area contributed by atoms with Crippen molar-refractivity contribution in [1.29, 1.82) is 0 Å². The van der Waals surface area contributed by atoms with Gasteiger partial charge in [0, 0.05) is 29.7 Å². The summed E-state index contributed by atoms with van der Waals surface area (Å²) in [6.45, 7) is 7.24. The standard InChI is InChI=1S/C17H22N4/c1-4-18-14-6-5-7-15-13(14)10-20-17(21-15)16-12(3)8-11(2)9-19-16/h8-10,14,18H,4-7H2,1-3H3. The van der Waals surface area contributed by atoms with E-state index >= 15 is 0 Å². The van der Waals surface area contributed by atoms with Crippen molar-refractivity contribution >= 4 is 0 Å². The largest absolute Gasteiger partial charge is 0.310 e. The van der Waals surface area contributed by atoms with Crippen LogP contribution >= 0.6 is 0 Å². The van der Waals surface area contributed by atoms with Crippen molar-refractivity contribution in [3.05, 3.63) is 40.8 Å². The summed E-state index contributed by atoms with van der Waals surface area (Å²) < 4.78 is 0. The molecule has 1 atom stereocenters. The molecule has 2 heterocycles. The number of hydrogen-bond donors (Lipinski definition) is 1. The monoisotopic (exact) mass is 282 g/mol. The smallest absolute Gasteiger partial charge is 0.178 e. The normalized spacial score (nSPS) is 17.6. The summed E-state index contributed by atoms with van der Waals surface area (Å²) in [5.41, 5.74) is 5.64. The summed E-state index contributed by atoms with van der Waals surface area (Å²) in [7, 11) is 0. The van der Waals surface area contributed by atoms with Crippen molar-refractivity contribution in [3.8, 4) is 11.5 Å². The number of hydrogen-bond acceptors (Lipinski definition) is 4. The van der Waals surface area contributed by atoms with Crippen LogP contribution in [-0.2, 0) is 6.42 Å². The number of nitrogens with zero attached hydrogens (tertiary/aromatic N) is 3. The molecule has 110 valence electrons. The van der Waals surface area contributed by atoms with E-state index in [1.54, 1.807) is 0 Å². The first-order chi connectivity index (χ1) is 10.2. The van der Waals surface area contributed by atoms with Crippen molar-refractivity contribution in [2.24, 2.45) is 0 Å². The molecule has 0 saturated carbocycles. The van der Waals surface area contributed by atoms with Gasteiger partial charge in [0.1, 0.15) is 5.69 Å². The molecule has 4 heteroatoms. The van der Waals surface area contributed by atoms with E-state index in [2.05, 4.69) is 42.1 Å². The predicted octanol–water partition coefficient (Wildman–Crippen LogP) is 3.14. The maximum atomic E-state index is 4.79. The number of nitrogens with one attached hydrogen (secondary N) is 1. The second kappa shape index (κ2) is 5.90. The lowest BCUT2D eigenvalue weighted by atomic mass is 9.92. The Morgan fingerprint density at radius 3 is 2.86 bits per heavy atom. The fourth-order valence-corrected chi connectivity index (χ4v) is 3.07. The van der Waals surface area contributed by atoms with Crippen LogP contribution < -0.4 is 5.32 Å². The Morgan fingerprint density at radius 1 is 1.24 bits per heavy atom. The third-order valence-electron chi connectivity index (χ3n) is 4.06. The molecule has 2 aromatic heterocycles. The maximum absolute atomic E-state index is 4.79. The number of fused-ring (bicyclic) bond motifs is 1. The van der Waals surface area contributed by atoms with E-state index in [0.717, 1.165) is 30.0 Å². The van der Waals surface area contributed by atoms with Crippen molar-refractivity contribution in [1.82, 2.24) is 20.3 Å². The minimum Gasteiger partial charge on any atom is -0.310 e. The van der Waals surface area contributed by atoms with Crippen molar-refractivity contribution < 1.29 is 0 Å². The van der Waals surface area contributed by atoms with Gasteiger partial charge in [0.15, 0.2) is 5.82 Å². The Hall–Kier alpha value is -1.81. The molecular formula is C17H22N4. The first kappa shape index (κ1) is 14.1. The van der Waals surface area contributed by atoms with Crippen LogP contribution in [0.25, 0.3) is 11.5 Å². The molecule has 1 N–H and O–H groups in total. The van der Waals surface area contributed by atoms with E-state index < -0.39 is 0 Å². The highest BCUT2D eigenvalue weighted by molar-refractivity contribution is 5.55. The van der Waals surface area contributed by atoms with Crippen LogP contribution in [-0.4, -0.2) is 21.5 Å². The molecule has 1 aliphatic rings. The molecule has 21 heavy (non-hydrogen) atoms. The van der Waals surface area contributed by atoms with Crippen LogP contribution in [0.3, 0.4) is 0 Å². The van der Waals surface area contributed by atoms with Gasteiger partial charge in [0.25, 0.3) is 0 Å². The summed E-state index contributed by atoms with van der Waals surface area (Å²) in [6, 6.07) is 2.53. The average Bonchev–Trinajstić information content (AvgIpc) is 2.47. The Morgan fingerprint density at radius 2 is 2.10 bits per heavy atom. The second-order valence-corrected chi connectivity index (χ2v) is 5.78. The predicted molar refractivity (Wildman–Crippen MR) is 84.1 cm³/mol. The lowest BCUT2D eigenvalue weighted by molar-refractivity contribution is 0.464. The molecule has 2 aromatic rings. The molecule has 0 spiro atoms. The molecule has 1 aliphatic carbocycles. The molecule has 0 saturated heterocycles. The van der Waals surface area contributed by atoms with Gasteiger partial charge >= 0.3 is 0 Å². The average molecular weight is 282 g/mol. The molecule has 0 aromatic carbocycles. The highest BCUT2D eigenvalue weighted by atomic mass is 15.0. The van der Waals surface area contributed by atoms with E-state index in [1.807, 2.05) is 12.4 Å². The molecular weight excluding hydrogens is 260 g/mol. The summed E-state index contributed by atoms with van der Waals surface area (Å²) in [5.74, 6) is 0.753. The highest BCUT2D eigenvalue weighted by Crippen LogP contribution is 2.29. The van der Waals surface area contributed by atoms with Crippen molar-refractivity contribution in [2.75, 3.05) is 6.54 Å². The third kappa shape index (κ3) is 2.81. The van der Waals surface area contributed by atoms with Crippen LogP contribution in [0.4, 0.5) is 0 Å². The zero-order valence-electron chi connectivity index (χ0n) is 13.0. The van der Waals surface area contributed by atoms with Crippen molar-refractivity contribution in [3.63, 3.8) is 0 Å². The van der Waals surface area contributed by atoms with E-state index in [0.29, 0.717) is 6.04 Å². The Labute approximate surface area is 126 Å². The molecule has 0 bridgehead atoms. The molecule has 0 radical (unpaired) electrons. The molecule has 1 unspecified atom stereocenters. The number of aryl methyl sites for hydroxylation is 3. The second-order valence-electron chi connectivity index (χ2n) is 5.78. The molecule has 0 fully saturated rings. The Kier molecular flexibility index (Phi) is 3.97. The van der Waals surface area contributed by atoms with Gasteiger partial charge in [-0.05, 0) is 50.8 Å². The van der Waals surface area contributed by atoms with Gasteiger partial charge in [0.2, 0.25) is 0 Å². The van der Waals surface area contributed by atoms with Crippen LogP contribution in [0.15, 0.2) is 18.5 Å². The summed E-state index contributed by atoms with van der Waals surface area (Å²) in [6.07, 6.45) is 7.27. The maximum Gasteiger partial charge on any atom is 0.178 e. The van der Waals surface area contributed by atoms with Gasteiger partial charge in [-0.1, -0.05) is 13.0 Å². The Balaban J connectivity index is 1.99. The third-order valence-corrected chi connectivity index (χ3v) is 4.06. The fourth-order valence-electron chi connectivity index (χ4n) is 3.07. The zero-order chi connectivity index (χ0) is 14.8. The highest BCUT2D eigenvalue weighted by Gasteiger charge is 2.22. The van der Waals surface area contributed by atoms with Crippen molar-refractivity contribution in [2.45, 2.75) is 46.1 Å². The quantitative estimate of drug-likeness (QED) is 0.939. The number of aromatic nitrogens is 3. The lowest BCUT2D eigenvalue weighted by Gasteiger charge is -2.25. The number of pyridine rings is 1. The van der Waals surface area contributed by atoms with E-state index in [4.69, 9.17) is 4.98 Å². The van der Waals surface area contributed by atoms with E-state index in [-0.39, 0.29) is 0 Å². The van der Waals surface area contributed by atoms with Crippen LogP contribution in [0.5, 0.6) is 0 Å². The van der Waals surface area contributed by atoms with Gasteiger partial charge in [0.05, 0.1) is 0 Å². The van der Waals surface area contributed by atoms with Gasteiger partial charge in [-0.15, -0.1) is 0 Å². The molecule has 0 aliphatic heterocycles. The van der Waals surface area contributed by atoms with Crippen LogP contribution in [0.1, 0.15) is 48.2 Å². The summed E-state index contributed by atoms with van der Waals surface area (Å²) in [4.78, 5) is 13.9. The lowest BCUT2D eigenvalue weighted by Crippen LogP contribution is -2.26. The minimum absolute atomic E-state index is 0.403. The minimum atomic E-state index is 0.403. The first-order valence-electron chi connectivity index (χ1n) is 7.72. The zero-order valence-corrected chi connectivity index (χ0v) is 13.0. The van der Waals surface area contributed by atoms with Gasteiger partial charge in [-0.2, -0.15) is 0 Å². The summed E-state index contributed by atoms with van der Waals surface area (Å²) in [5, 5.41) is 3.52. The van der Waals surface area contributed by atoms with E-state index in [1.165, 1.54) is 29.7 Å². The van der Waals surface area contributed by atoms with Gasteiger partial charge < -0.3 is 5.32 Å². The van der Waals surface area contributed by atoms with Crippen LogP contribution in [0, 0.1) is 13.8 Å². The van der Waals surface area contributed by atoms with Gasteiger partial charge in [-0.3, -0.25) is 4.98 Å². The molecule has 0 amide bonds.